The van der Waals surface area contributed by atoms with Gasteiger partial charge in [-0.25, -0.2) is 0 Å². The molecule has 116 valence electrons. The predicted octanol–water partition coefficient (Wildman–Crippen LogP) is 2.73. The number of carbonyl (C=O) groups excluding carboxylic acids is 1. The summed E-state index contributed by atoms with van der Waals surface area (Å²) in [7, 11) is 0. The third-order valence-corrected chi connectivity index (χ3v) is 5.67. The van der Waals surface area contributed by atoms with Crippen LogP contribution in [0.4, 0.5) is 11.4 Å². The van der Waals surface area contributed by atoms with Crippen molar-refractivity contribution >= 4 is 29.0 Å². The van der Waals surface area contributed by atoms with Gasteiger partial charge in [-0.2, -0.15) is 11.8 Å². The van der Waals surface area contributed by atoms with E-state index < -0.39 is 0 Å². The van der Waals surface area contributed by atoms with Gasteiger partial charge in [0.25, 0.3) is 0 Å². The number of nitrogens with one attached hydrogen (secondary N) is 1. The fourth-order valence-electron chi connectivity index (χ4n) is 2.66. The highest BCUT2D eigenvalue weighted by Crippen LogP contribution is 2.26. The van der Waals surface area contributed by atoms with Gasteiger partial charge in [-0.15, -0.1) is 0 Å². The van der Waals surface area contributed by atoms with E-state index >= 15 is 0 Å². The van der Waals surface area contributed by atoms with Crippen LogP contribution in [0.25, 0.3) is 0 Å². The molecule has 1 aliphatic rings. The van der Waals surface area contributed by atoms with Crippen LogP contribution in [0.1, 0.15) is 26.3 Å². The Kier molecular flexibility index (Phi) is 5.17. The van der Waals surface area contributed by atoms with Crippen molar-refractivity contribution in [3.63, 3.8) is 0 Å². The van der Waals surface area contributed by atoms with Crippen LogP contribution in [-0.2, 0) is 4.79 Å². The zero-order valence-electron chi connectivity index (χ0n) is 13.2. The minimum Gasteiger partial charge on any atom is -0.399 e. The minimum atomic E-state index is -0.135. The van der Waals surface area contributed by atoms with Crippen LogP contribution in [0.5, 0.6) is 0 Å². The lowest BCUT2D eigenvalue weighted by atomic mass is 10.1. The van der Waals surface area contributed by atoms with Crippen molar-refractivity contribution in [2.45, 2.75) is 45.0 Å². The van der Waals surface area contributed by atoms with Crippen LogP contribution < -0.4 is 11.1 Å². The number of nitrogen functional groups attached to an aromatic ring is 1. The molecule has 4 nitrogen and oxygen atoms in total. The number of thioether (sulfide) groups is 1. The van der Waals surface area contributed by atoms with Gasteiger partial charge < -0.3 is 11.1 Å². The number of nitrogens with two attached hydrogens (primary N) is 1. The fourth-order valence-corrected chi connectivity index (χ4v) is 3.79. The molecule has 2 rings (SSSR count). The van der Waals surface area contributed by atoms with Crippen molar-refractivity contribution in [1.82, 2.24) is 4.90 Å². The molecule has 0 aromatic heterocycles. The average molecular weight is 307 g/mol. The molecule has 0 radical (unpaired) electrons. The Hall–Kier alpha value is -1.20. The maximum Gasteiger partial charge on any atom is 0.241 e. The molecule has 1 aliphatic heterocycles. The summed E-state index contributed by atoms with van der Waals surface area (Å²) < 4.78 is 0. The molecule has 21 heavy (non-hydrogen) atoms. The average Bonchev–Trinajstić information content (AvgIpc) is 2.45. The number of rotatable bonds is 3. The molecule has 3 N–H and O–H groups in total. The van der Waals surface area contributed by atoms with E-state index in [-0.39, 0.29) is 11.9 Å². The number of carbonyl (C=O) groups is 1. The molecule has 1 heterocycles. The fraction of sp³-hybridized carbons (Fsp3) is 0.562. The van der Waals surface area contributed by atoms with Gasteiger partial charge in [-0.3, -0.25) is 9.69 Å². The van der Waals surface area contributed by atoms with E-state index in [0.717, 1.165) is 23.5 Å². The van der Waals surface area contributed by atoms with E-state index in [0.29, 0.717) is 17.0 Å². The summed E-state index contributed by atoms with van der Waals surface area (Å²) in [5.74, 6) is 1.12. The smallest absolute Gasteiger partial charge is 0.241 e. The highest BCUT2D eigenvalue weighted by atomic mass is 32.2. The summed E-state index contributed by atoms with van der Waals surface area (Å²) in [6, 6.07) is 5.87. The summed E-state index contributed by atoms with van der Waals surface area (Å²) in [6.07, 6.45) is 0. The monoisotopic (exact) mass is 307 g/mol. The number of hydrogen-bond acceptors (Lipinski definition) is 4. The van der Waals surface area contributed by atoms with Gasteiger partial charge in [0.05, 0.1) is 6.04 Å². The van der Waals surface area contributed by atoms with Gasteiger partial charge in [-0.1, -0.05) is 13.0 Å². The summed E-state index contributed by atoms with van der Waals surface area (Å²) >= 11 is 1.98. The second kappa shape index (κ2) is 6.71. The second-order valence-corrected chi connectivity index (χ2v) is 7.28. The van der Waals surface area contributed by atoms with Crippen LogP contribution in [0.2, 0.25) is 0 Å². The van der Waals surface area contributed by atoms with Crippen molar-refractivity contribution in [2.24, 2.45) is 0 Å². The van der Waals surface area contributed by atoms with Gasteiger partial charge in [0.2, 0.25) is 5.91 Å². The van der Waals surface area contributed by atoms with Crippen LogP contribution in [0.3, 0.4) is 0 Å². The second-order valence-electron chi connectivity index (χ2n) is 5.79. The highest BCUT2D eigenvalue weighted by Gasteiger charge is 2.31. The molecular weight excluding hydrogens is 282 g/mol. The highest BCUT2D eigenvalue weighted by molar-refractivity contribution is 8.00. The minimum absolute atomic E-state index is 0.0367. The van der Waals surface area contributed by atoms with Crippen molar-refractivity contribution < 1.29 is 4.79 Å². The van der Waals surface area contributed by atoms with Crippen LogP contribution in [0, 0.1) is 6.92 Å². The standard InChI is InChI=1S/C16H25N3OS/c1-10-5-6-14(17)9-15(10)18-16(20)12(3)19-7-8-21-13(4)11(19)2/h5-6,9,11-13H,7-8,17H2,1-4H3,(H,18,20). The normalized spacial score (nSPS) is 24.6. The Morgan fingerprint density at radius 3 is 2.90 bits per heavy atom. The summed E-state index contributed by atoms with van der Waals surface area (Å²) in [5, 5.41) is 3.57. The molecule has 0 saturated carbocycles. The maximum atomic E-state index is 12.5. The van der Waals surface area contributed by atoms with E-state index in [4.69, 9.17) is 5.73 Å². The summed E-state index contributed by atoms with van der Waals surface area (Å²) in [5.41, 5.74) is 8.30. The molecular formula is C16H25N3OS. The maximum absolute atomic E-state index is 12.5. The first kappa shape index (κ1) is 16.2. The number of aryl methyl sites for hydroxylation is 1. The first-order valence-corrected chi connectivity index (χ1v) is 8.49. The molecule has 1 aromatic carbocycles. The van der Waals surface area contributed by atoms with Gasteiger partial charge in [0, 0.05) is 35.0 Å². The lowest BCUT2D eigenvalue weighted by Crippen LogP contribution is -2.53. The lowest BCUT2D eigenvalue weighted by molar-refractivity contribution is -0.121. The zero-order valence-corrected chi connectivity index (χ0v) is 14.0. The summed E-state index contributed by atoms with van der Waals surface area (Å²) in [4.78, 5) is 14.8. The molecule has 0 aliphatic carbocycles. The van der Waals surface area contributed by atoms with E-state index in [1.807, 2.05) is 43.8 Å². The number of amides is 1. The Morgan fingerprint density at radius 2 is 2.19 bits per heavy atom. The van der Waals surface area contributed by atoms with E-state index in [1.165, 1.54) is 0 Å². The van der Waals surface area contributed by atoms with Crippen molar-refractivity contribution in [2.75, 3.05) is 23.3 Å². The predicted molar refractivity (Wildman–Crippen MR) is 91.8 cm³/mol. The topological polar surface area (TPSA) is 58.4 Å². The first-order chi connectivity index (χ1) is 9.90. The molecule has 1 saturated heterocycles. The largest absolute Gasteiger partial charge is 0.399 e. The SMILES string of the molecule is Cc1ccc(N)cc1NC(=O)C(C)N1CCSC(C)C1C. The van der Waals surface area contributed by atoms with Gasteiger partial charge >= 0.3 is 0 Å². The van der Waals surface area contributed by atoms with Crippen LogP contribution >= 0.6 is 11.8 Å². The molecule has 1 aromatic rings. The molecule has 3 unspecified atom stereocenters. The Labute approximate surface area is 131 Å². The van der Waals surface area contributed by atoms with Crippen LogP contribution in [-0.4, -0.2) is 40.4 Å². The van der Waals surface area contributed by atoms with Crippen molar-refractivity contribution in [3.05, 3.63) is 23.8 Å². The molecule has 5 heteroatoms. The molecule has 0 bridgehead atoms. The Balaban J connectivity index is 2.07. The van der Waals surface area contributed by atoms with E-state index in [2.05, 4.69) is 24.1 Å². The number of anilines is 2. The van der Waals surface area contributed by atoms with Crippen molar-refractivity contribution in [3.8, 4) is 0 Å². The van der Waals surface area contributed by atoms with Crippen LogP contribution in [0.15, 0.2) is 18.2 Å². The van der Waals surface area contributed by atoms with Gasteiger partial charge in [0.1, 0.15) is 0 Å². The van der Waals surface area contributed by atoms with E-state index in [9.17, 15) is 4.79 Å². The van der Waals surface area contributed by atoms with Gasteiger partial charge in [0.15, 0.2) is 0 Å². The van der Waals surface area contributed by atoms with Crippen molar-refractivity contribution in [1.29, 1.82) is 0 Å². The number of hydrogen-bond donors (Lipinski definition) is 2. The Bertz CT molecular complexity index is 520. The molecule has 3 atom stereocenters. The molecule has 0 spiro atoms. The molecule has 1 fully saturated rings. The number of benzene rings is 1. The Morgan fingerprint density at radius 1 is 1.48 bits per heavy atom. The first-order valence-electron chi connectivity index (χ1n) is 7.44. The summed E-state index contributed by atoms with van der Waals surface area (Å²) in [6.45, 7) is 9.35. The lowest BCUT2D eigenvalue weighted by Gasteiger charge is -2.40. The van der Waals surface area contributed by atoms with Gasteiger partial charge in [-0.05, 0) is 38.5 Å². The van der Waals surface area contributed by atoms with E-state index in [1.54, 1.807) is 0 Å². The number of nitrogens with zero attached hydrogens (tertiary/aromatic N) is 1. The third kappa shape index (κ3) is 3.71. The molecule has 1 amide bonds. The zero-order chi connectivity index (χ0) is 15.6. The third-order valence-electron chi connectivity index (χ3n) is 4.33. The quantitative estimate of drug-likeness (QED) is 0.843.